The van der Waals surface area contributed by atoms with Gasteiger partial charge in [-0.15, -0.1) is 0 Å². The monoisotopic (exact) mass is 259 g/mol. The average molecular weight is 259 g/mol. The van der Waals surface area contributed by atoms with Crippen molar-refractivity contribution in [2.75, 3.05) is 6.61 Å². The molecule has 0 spiro atoms. The molecule has 6 nitrogen and oxygen atoms in total. The highest BCUT2D eigenvalue weighted by Crippen LogP contribution is 2.10. The molecule has 0 saturated carbocycles. The van der Waals surface area contributed by atoms with Crippen LogP contribution in [0.2, 0.25) is 0 Å². The standard InChI is InChI=1S/C10H13NO5S/c1-7-2-4-8(5-3-7)17(15,16)11-9(6-12)10(13)14/h2-5,9,11-12H,6H2,1H3,(H,13,14). The molecule has 3 N–H and O–H groups in total. The molecular weight excluding hydrogens is 246 g/mol. The number of nitrogens with one attached hydrogen (secondary N) is 1. The summed E-state index contributed by atoms with van der Waals surface area (Å²) in [5.41, 5.74) is 0.890. The Balaban J connectivity index is 2.96. The van der Waals surface area contributed by atoms with E-state index in [0.29, 0.717) is 0 Å². The second kappa shape index (κ2) is 5.26. The second-order valence-electron chi connectivity index (χ2n) is 3.51. The Morgan fingerprint density at radius 3 is 2.29 bits per heavy atom. The van der Waals surface area contributed by atoms with E-state index >= 15 is 0 Å². The number of aryl methyl sites for hydroxylation is 1. The van der Waals surface area contributed by atoms with Gasteiger partial charge in [0.05, 0.1) is 11.5 Å². The van der Waals surface area contributed by atoms with Crippen LogP contribution in [0.1, 0.15) is 5.56 Å². The molecular formula is C10H13NO5S. The summed E-state index contributed by atoms with van der Waals surface area (Å²) < 4.78 is 25.4. The quantitative estimate of drug-likeness (QED) is 0.674. The Labute approximate surface area is 99.0 Å². The highest BCUT2D eigenvalue weighted by Gasteiger charge is 2.24. The van der Waals surface area contributed by atoms with Crippen molar-refractivity contribution in [3.8, 4) is 0 Å². The first-order valence-corrected chi connectivity index (χ1v) is 6.28. The van der Waals surface area contributed by atoms with Crippen LogP contribution >= 0.6 is 0 Å². The largest absolute Gasteiger partial charge is 0.480 e. The number of sulfonamides is 1. The number of aliphatic hydroxyl groups excluding tert-OH is 1. The van der Waals surface area contributed by atoms with Crippen molar-refractivity contribution in [2.24, 2.45) is 0 Å². The van der Waals surface area contributed by atoms with Gasteiger partial charge in [0.15, 0.2) is 0 Å². The molecule has 1 atom stereocenters. The van der Waals surface area contributed by atoms with Crippen molar-refractivity contribution >= 4 is 16.0 Å². The third-order valence-electron chi connectivity index (χ3n) is 2.11. The van der Waals surface area contributed by atoms with Gasteiger partial charge in [0.2, 0.25) is 10.0 Å². The fourth-order valence-electron chi connectivity index (χ4n) is 1.14. The maximum Gasteiger partial charge on any atom is 0.324 e. The molecule has 0 aliphatic carbocycles. The molecule has 1 aromatic carbocycles. The maximum absolute atomic E-state index is 11.7. The van der Waals surface area contributed by atoms with Gasteiger partial charge >= 0.3 is 5.97 Å². The molecule has 0 aliphatic heterocycles. The highest BCUT2D eigenvalue weighted by molar-refractivity contribution is 7.89. The van der Waals surface area contributed by atoms with E-state index in [1.165, 1.54) is 12.1 Å². The van der Waals surface area contributed by atoms with Gasteiger partial charge in [-0.3, -0.25) is 4.79 Å². The topological polar surface area (TPSA) is 104 Å². The predicted octanol–water partition coefficient (Wildman–Crippen LogP) is -0.281. The average Bonchev–Trinajstić information content (AvgIpc) is 2.26. The minimum Gasteiger partial charge on any atom is -0.480 e. The first-order valence-electron chi connectivity index (χ1n) is 4.79. The van der Waals surface area contributed by atoms with E-state index in [-0.39, 0.29) is 4.90 Å². The van der Waals surface area contributed by atoms with Gasteiger partial charge < -0.3 is 10.2 Å². The van der Waals surface area contributed by atoms with Crippen LogP contribution in [0, 0.1) is 6.92 Å². The lowest BCUT2D eigenvalue weighted by molar-refractivity contribution is -0.139. The lowest BCUT2D eigenvalue weighted by Crippen LogP contribution is -2.43. The lowest BCUT2D eigenvalue weighted by Gasteiger charge is -2.12. The van der Waals surface area contributed by atoms with Crippen molar-refractivity contribution in [1.29, 1.82) is 0 Å². The summed E-state index contributed by atoms with van der Waals surface area (Å²) in [6, 6.07) is 4.40. The lowest BCUT2D eigenvalue weighted by atomic mass is 10.2. The highest BCUT2D eigenvalue weighted by atomic mass is 32.2. The molecule has 0 amide bonds. The van der Waals surface area contributed by atoms with Crippen molar-refractivity contribution in [3.63, 3.8) is 0 Å². The van der Waals surface area contributed by atoms with Crippen LogP contribution in [-0.4, -0.2) is 37.2 Å². The number of rotatable bonds is 5. The molecule has 0 heterocycles. The Morgan fingerprint density at radius 1 is 1.35 bits per heavy atom. The molecule has 17 heavy (non-hydrogen) atoms. The third kappa shape index (κ3) is 3.52. The summed E-state index contributed by atoms with van der Waals surface area (Å²) in [5.74, 6) is -1.43. The van der Waals surface area contributed by atoms with Gasteiger partial charge in [0, 0.05) is 0 Å². The van der Waals surface area contributed by atoms with E-state index in [1.54, 1.807) is 19.1 Å². The van der Waals surface area contributed by atoms with E-state index in [2.05, 4.69) is 0 Å². The normalized spacial score (nSPS) is 13.3. The predicted molar refractivity (Wildman–Crippen MR) is 60.0 cm³/mol. The number of aliphatic carboxylic acids is 1. The second-order valence-corrected chi connectivity index (χ2v) is 5.22. The molecule has 94 valence electrons. The number of carboxylic acid groups (broad SMARTS) is 1. The molecule has 0 aliphatic rings. The van der Waals surface area contributed by atoms with Crippen LogP contribution in [-0.2, 0) is 14.8 Å². The Morgan fingerprint density at radius 2 is 1.88 bits per heavy atom. The minimum absolute atomic E-state index is 0.0391. The Hall–Kier alpha value is -1.44. The van der Waals surface area contributed by atoms with Crippen LogP contribution in [0.5, 0.6) is 0 Å². The molecule has 0 bridgehead atoms. The van der Waals surface area contributed by atoms with Gasteiger partial charge in [-0.2, -0.15) is 4.72 Å². The fourth-order valence-corrected chi connectivity index (χ4v) is 2.32. The molecule has 1 aromatic rings. The van der Waals surface area contributed by atoms with Crippen LogP contribution in [0.3, 0.4) is 0 Å². The summed E-state index contributed by atoms with van der Waals surface area (Å²) in [4.78, 5) is 10.6. The summed E-state index contributed by atoms with van der Waals surface area (Å²) in [6.07, 6.45) is 0. The first kappa shape index (κ1) is 13.6. The number of hydrogen-bond donors (Lipinski definition) is 3. The third-order valence-corrected chi connectivity index (χ3v) is 3.60. The SMILES string of the molecule is Cc1ccc(S(=O)(=O)NC(CO)C(=O)O)cc1. The Bertz CT molecular complexity index is 494. The van der Waals surface area contributed by atoms with Crippen molar-refractivity contribution < 1.29 is 23.4 Å². The van der Waals surface area contributed by atoms with Crippen LogP contribution in [0.15, 0.2) is 29.2 Å². The van der Waals surface area contributed by atoms with E-state index in [0.717, 1.165) is 5.56 Å². The Kier molecular flexibility index (Phi) is 4.22. The zero-order valence-electron chi connectivity index (χ0n) is 9.12. The summed E-state index contributed by atoms with van der Waals surface area (Å²) in [5, 5.41) is 17.4. The van der Waals surface area contributed by atoms with Gasteiger partial charge in [-0.05, 0) is 19.1 Å². The molecule has 7 heteroatoms. The van der Waals surface area contributed by atoms with E-state index in [4.69, 9.17) is 10.2 Å². The number of benzene rings is 1. The summed E-state index contributed by atoms with van der Waals surface area (Å²) in [6.45, 7) is 0.998. The van der Waals surface area contributed by atoms with Crippen LogP contribution < -0.4 is 4.72 Å². The fraction of sp³-hybridized carbons (Fsp3) is 0.300. The molecule has 0 saturated heterocycles. The van der Waals surface area contributed by atoms with Gasteiger partial charge in [0.25, 0.3) is 0 Å². The number of aliphatic hydroxyl groups is 1. The zero-order valence-corrected chi connectivity index (χ0v) is 9.94. The van der Waals surface area contributed by atoms with E-state index in [9.17, 15) is 13.2 Å². The number of carbonyl (C=O) groups is 1. The molecule has 0 radical (unpaired) electrons. The molecule has 1 rings (SSSR count). The van der Waals surface area contributed by atoms with Gasteiger partial charge in [-0.1, -0.05) is 17.7 Å². The molecule has 0 aromatic heterocycles. The smallest absolute Gasteiger partial charge is 0.324 e. The minimum atomic E-state index is -3.92. The van der Waals surface area contributed by atoms with Gasteiger partial charge in [0.1, 0.15) is 6.04 Å². The van der Waals surface area contributed by atoms with E-state index in [1.807, 2.05) is 4.72 Å². The van der Waals surface area contributed by atoms with E-state index < -0.39 is 28.6 Å². The van der Waals surface area contributed by atoms with Gasteiger partial charge in [-0.25, -0.2) is 8.42 Å². The summed E-state index contributed by atoms with van der Waals surface area (Å²) in [7, 11) is -3.92. The van der Waals surface area contributed by atoms with Crippen molar-refractivity contribution in [1.82, 2.24) is 4.72 Å². The molecule has 1 unspecified atom stereocenters. The van der Waals surface area contributed by atoms with Crippen LogP contribution in [0.25, 0.3) is 0 Å². The maximum atomic E-state index is 11.7. The number of carboxylic acids is 1. The molecule has 0 fully saturated rings. The first-order chi connectivity index (χ1) is 7.86. The van der Waals surface area contributed by atoms with Crippen LogP contribution in [0.4, 0.5) is 0 Å². The summed E-state index contributed by atoms with van der Waals surface area (Å²) >= 11 is 0. The number of hydrogen-bond acceptors (Lipinski definition) is 4. The zero-order chi connectivity index (χ0) is 13.1. The van der Waals surface area contributed by atoms with Crippen molar-refractivity contribution in [3.05, 3.63) is 29.8 Å². The van der Waals surface area contributed by atoms with Crippen molar-refractivity contribution in [2.45, 2.75) is 17.9 Å².